The highest BCUT2D eigenvalue weighted by atomic mass is 16.5. The van der Waals surface area contributed by atoms with E-state index in [9.17, 15) is 10.4 Å². The molecule has 1 fully saturated rings. The van der Waals surface area contributed by atoms with E-state index in [4.69, 9.17) is 10.5 Å². The van der Waals surface area contributed by atoms with Gasteiger partial charge in [-0.05, 0) is 30.9 Å². The third kappa shape index (κ3) is 2.66. The fourth-order valence-corrected chi connectivity index (χ4v) is 2.92. The molecule has 0 unspecified atom stereocenters. The maximum Gasteiger partial charge on any atom is 0.163 e. The van der Waals surface area contributed by atoms with Crippen LogP contribution in [0.25, 0.3) is 0 Å². The zero-order valence-electron chi connectivity index (χ0n) is 11.2. The smallest absolute Gasteiger partial charge is 0.163 e. The molecule has 0 aromatic heterocycles. The molecular weight excluding hydrogens is 240 g/mol. The molecule has 2 rings (SSSR count). The van der Waals surface area contributed by atoms with Crippen molar-refractivity contribution in [1.29, 1.82) is 5.26 Å². The van der Waals surface area contributed by atoms with Crippen LogP contribution in [-0.4, -0.2) is 12.2 Å². The van der Waals surface area contributed by atoms with E-state index in [0.717, 1.165) is 12.8 Å². The van der Waals surface area contributed by atoms with Gasteiger partial charge in [0.05, 0.1) is 18.7 Å². The molecule has 0 aliphatic heterocycles. The summed E-state index contributed by atoms with van der Waals surface area (Å²) in [5, 5.41) is 19.4. The van der Waals surface area contributed by atoms with E-state index in [1.807, 2.05) is 0 Å². The molecule has 1 saturated carbocycles. The Morgan fingerprint density at radius 3 is 2.63 bits per heavy atom. The van der Waals surface area contributed by atoms with Gasteiger partial charge in [-0.2, -0.15) is 5.26 Å². The number of hydrogen-bond acceptors (Lipinski definition) is 4. The molecule has 1 aliphatic carbocycles. The second kappa shape index (κ2) is 5.94. The number of nitriles is 1. The first-order valence-corrected chi connectivity index (χ1v) is 6.74. The lowest BCUT2D eigenvalue weighted by Gasteiger charge is -2.29. The number of phenols is 1. The molecular formula is C15H20N2O2. The Hall–Kier alpha value is -1.73. The zero-order chi connectivity index (χ0) is 13.8. The highest BCUT2D eigenvalue weighted by Crippen LogP contribution is 2.41. The van der Waals surface area contributed by atoms with Gasteiger partial charge in [-0.3, -0.25) is 0 Å². The van der Waals surface area contributed by atoms with Gasteiger partial charge in [0.25, 0.3) is 0 Å². The fourth-order valence-electron chi connectivity index (χ4n) is 2.92. The lowest BCUT2D eigenvalue weighted by molar-refractivity contribution is 0.299. The molecule has 0 heterocycles. The van der Waals surface area contributed by atoms with Gasteiger partial charge in [0.15, 0.2) is 11.5 Å². The maximum absolute atomic E-state index is 10.2. The van der Waals surface area contributed by atoms with Crippen molar-refractivity contribution in [2.24, 2.45) is 11.7 Å². The number of hydrogen-bond donors (Lipinski definition) is 2. The van der Waals surface area contributed by atoms with Crippen molar-refractivity contribution in [2.45, 2.75) is 38.1 Å². The summed E-state index contributed by atoms with van der Waals surface area (Å²) >= 11 is 0. The predicted molar refractivity (Wildman–Crippen MR) is 72.9 cm³/mol. The number of rotatable bonds is 3. The number of nitrogens with zero attached hydrogens (tertiary/aromatic N) is 1. The van der Waals surface area contributed by atoms with Crippen LogP contribution >= 0.6 is 0 Å². The van der Waals surface area contributed by atoms with Crippen LogP contribution in [0.15, 0.2) is 12.1 Å². The summed E-state index contributed by atoms with van der Waals surface area (Å²) in [6.07, 6.45) is 5.71. The van der Waals surface area contributed by atoms with E-state index in [1.165, 1.54) is 26.4 Å². The van der Waals surface area contributed by atoms with E-state index in [1.54, 1.807) is 12.1 Å². The Balaban J connectivity index is 2.38. The van der Waals surface area contributed by atoms with Crippen molar-refractivity contribution in [3.8, 4) is 17.6 Å². The number of nitrogens with two attached hydrogens (primary N) is 1. The van der Waals surface area contributed by atoms with Crippen molar-refractivity contribution in [1.82, 2.24) is 0 Å². The highest BCUT2D eigenvalue weighted by molar-refractivity contribution is 5.55. The lowest BCUT2D eigenvalue weighted by atomic mass is 9.80. The fraction of sp³-hybridized carbons (Fsp3) is 0.533. The Morgan fingerprint density at radius 1 is 1.37 bits per heavy atom. The molecule has 4 nitrogen and oxygen atoms in total. The van der Waals surface area contributed by atoms with Gasteiger partial charge in [0.1, 0.15) is 0 Å². The Kier molecular flexibility index (Phi) is 4.28. The molecule has 0 saturated heterocycles. The number of phenolic OH excluding ortho intramolecular Hbond substituents is 1. The average Bonchev–Trinajstić information content (AvgIpc) is 2.47. The summed E-state index contributed by atoms with van der Waals surface area (Å²) in [5.74, 6) is 0.721. The molecule has 4 heteroatoms. The largest absolute Gasteiger partial charge is 0.504 e. The van der Waals surface area contributed by atoms with Crippen LogP contribution in [0.4, 0.5) is 0 Å². The predicted octanol–water partition coefficient (Wildman–Crippen LogP) is 2.85. The monoisotopic (exact) mass is 260 g/mol. The van der Waals surface area contributed by atoms with Gasteiger partial charge in [-0.1, -0.05) is 19.3 Å². The quantitative estimate of drug-likeness (QED) is 0.875. The van der Waals surface area contributed by atoms with Gasteiger partial charge in [-0.15, -0.1) is 0 Å². The topological polar surface area (TPSA) is 79.3 Å². The first-order chi connectivity index (χ1) is 9.19. The van der Waals surface area contributed by atoms with E-state index in [-0.39, 0.29) is 11.8 Å². The highest BCUT2D eigenvalue weighted by Gasteiger charge is 2.27. The Labute approximate surface area is 113 Å². The van der Waals surface area contributed by atoms with Crippen LogP contribution in [0.1, 0.15) is 49.3 Å². The number of benzene rings is 1. The third-order valence-corrected chi connectivity index (χ3v) is 4.01. The van der Waals surface area contributed by atoms with Crippen LogP contribution < -0.4 is 10.5 Å². The zero-order valence-corrected chi connectivity index (χ0v) is 11.2. The van der Waals surface area contributed by atoms with E-state index in [0.29, 0.717) is 22.8 Å². The molecule has 1 aromatic carbocycles. The summed E-state index contributed by atoms with van der Waals surface area (Å²) in [6.45, 7) is 0. The number of aromatic hydroxyl groups is 1. The van der Waals surface area contributed by atoms with Gasteiger partial charge in [-0.25, -0.2) is 0 Å². The van der Waals surface area contributed by atoms with Gasteiger partial charge < -0.3 is 15.6 Å². The standard InChI is InChI=1S/C15H20N2O2/c1-19-12-8-7-11(9-16)13(15(12)18)14(17)10-5-3-2-4-6-10/h7-8,10,14,18H,2-6,17H2,1H3/t14-/m0/s1. The minimum Gasteiger partial charge on any atom is -0.504 e. The average molecular weight is 260 g/mol. The lowest BCUT2D eigenvalue weighted by Crippen LogP contribution is -2.24. The second-order valence-corrected chi connectivity index (χ2v) is 5.11. The molecule has 0 bridgehead atoms. The van der Waals surface area contributed by atoms with Crippen molar-refractivity contribution < 1.29 is 9.84 Å². The molecule has 19 heavy (non-hydrogen) atoms. The summed E-state index contributed by atoms with van der Waals surface area (Å²) in [6, 6.07) is 5.08. The second-order valence-electron chi connectivity index (χ2n) is 5.11. The molecule has 0 amide bonds. The molecule has 102 valence electrons. The minimum absolute atomic E-state index is 0.0135. The number of ether oxygens (including phenoxy) is 1. The summed E-state index contributed by atoms with van der Waals surface area (Å²) in [5.41, 5.74) is 7.28. The van der Waals surface area contributed by atoms with Gasteiger partial charge in [0.2, 0.25) is 0 Å². The van der Waals surface area contributed by atoms with E-state index in [2.05, 4.69) is 6.07 Å². The van der Waals surface area contributed by atoms with Crippen LogP contribution in [0.3, 0.4) is 0 Å². The Morgan fingerprint density at radius 2 is 2.05 bits per heavy atom. The maximum atomic E-state index is 10.2. The molecule has 0 spiro atoms. The molecule has 0 radical (unpaired) electrons. The molecule has 1 atom stereocenters. The van der Waals surface area contributed by atoms with Crippen LogP contribution in [0.5, 0.6) is 11.5 Å². The molecule has 1 aliphatic rings. The van der Waals surface area contributed by atoms with Crippen LogP contribution in [-0.2, 0) is 0 Å². The summed E-state index contributed by atoms with van der Waals surface area (Å²) in [4.78, 5) is 0. The van der Waals surface area contributed by atoms with Crippen molar-refractivity contribution >= 4 is 0 Å². The van der Waals surface area contributed by atoms with Crippen molar-refractivity contribution in [2.75, 3.05) is 7.11 Å². The molecule has 3 N–H and O–H groups in total. The van der Waals surface area contributed by atoms with E-state index >= 15 is 0 Å². The normalized spacial score (nSPS) is 17.7. The number of methoxy groups -OCH3 is 1. The Bertz CT molecular complexity index is 488. The van der Waals surface area contributed by atoms with Gasteiger partial charge >= 0.3 is 0 Å². The van der Waals surface area contributed by atoms with Crippen LogP contribution in [0.2, 0.25) is 0 Å². The van der Waals surface area contributed by atoms with Crippen LogP contribution in [0, 0.1) is 17.2 Å². The van der Waals surface area contributed by atoms with Crippen molar-refractivity contribution in [3.05, 3.63) is 23.3 Å². The molecule has 1 aromatic rings. The minimum atomic E-state index is -0.301. The third-order valence-electron chi connectivity index (χ3n) is 4.01. The van der Waals surface area contributed by atoms with Crippen molar-refractivity contribution in [3.63, 3.8) is 0 Å². The first kappa shape index (κ1) is 13.7. The van der Waals surface area contributed by atoms with Gasteiger partial charge in [0, 0.05) is 11.6 Å². The first-order valence-electron chi connectivity index (χ1n) is 6.74. The summed E-state index contributed by atoms with van der Waals surface area (Å²) in [7, 11) is 1.50. The van der Waals surface area contributed by atoms with E-state index < -0.39 is 0 Å². The SMILES string of the molecule is COc1ccc(C#N)c([C@@H](N)C2CCCCC2)c1O. The summed E-state index contributed by atoms with van der Waals surface area (Å²) < 4.78 is 5.11.